The van der Waals surface area contributed by atoms with Gasteiger partial charge in [0.1, 0.15) is 0 Å². The van der Waals surface area contributed by atoms with Crippen LogP contribution in [-0.2, 0) is 0 Å². The van der Waals surface area contributed by atoms with Crippen LogP contribution in [0.2, 0.25) is 0 Å². The molecule has 1 aromatic rings. The van der Waals surface area contributed by atoms with E-state index in [1.54, 1.807) is 23.1 Å². The number of nitrogen functional groups attached to an aromatic ring is 2. The average Bonchev–Trinajstić information content (AvgIpc) is 3.09. The van der Waals surface area contributed by atoms with Gasteiger partial charge in [0.05, 0.1) is 12.2 Å². The first-order valence-corrected chi connectivity index (χ1v) is 5.70. The number of nitrogens with two attached hydrogens (primary N) is 2. The summed E-state index contributed by atoms with van der Waals surface area (Å²) in [6.45, 7) is 0.324. The van der Waals surface area contributed by atoms with Gasteiger partial charge in [0, 0.05) is 24.0 Å². The number of rotatable bonds is 4. The molecule has 1 aliphatic rings. The van der Waals surface area contributed by atoms with Gasteiger partial charge in [0.2, 0.25) is 0 Å². The molecule has 2 rings (SSSR count). The highest BCUT2D eigenvalue weighted by molar-refractivity contribution is 6.00. The van der Waals surface area contributed by atoms with Gasteiger partial charge >= 0.3 is 0 Å². The first kappa shape index (κ1) is 11.7. The normalized spacial score (nSPS) is 14.6. The summed E-state index contributed by atoms with van der Waals surface area (Å²) < 4.78 is 0. The van der Waals surface area contributed by atoms with Gasteiger partial charge in [-0.25, -0.2) is 0 Å². The molecule has 5 N–H and O–H groups in total. The number of anilines is 2. The van der Waals surface area contributed by atoms with Gasteiger partial charge in [-0.05, 0) is 31.0 Å². The van der Waals surface area contributed by atoms with Gasteiger partial charge in [-0.2, -0.15) is 0 Å². The van der Waals surface area contributed by atoms with Gasteiger partial charge in [-0.1, -0.05) is 0 Å². The van der Waals surface area contributed by atoms with E-state index in [9.17, 15) is 4.79 Å². The van der Waals surface area contributed by atoms with Gasteiger partial charge in [-0.3, -0.25) is 4.79 Å². The zero-order valence-corrected chi connectivity index (χ0v) is 9.60. The molecule has 17 heavy (non-hydrogen) atoms. The van der Waals surface area contributed by atoms with E-state index < -0.39 is 0 Å². The van der Waals surface area contributed by atoms with E-state index >= 15 is 0 Å². The summed E-state index contributed by atoms with van der Waals surface area (Å²) in [5.41, 5.74) is 12.8. The molecule has 1 saturated carbocycles. The summed E-state index contributed by atoms with van der Waals surface area (Å²) in [7, 11) is 0. The number of carbonyl (C=O) groups is 1. The van der Waals surface area contributed by atoms with Crippen LogP contribution in [0.25, 0.3) is 0 Å². The fraction of sp³-hybridized carbons (Fsp3) is 0.417. The summed E-state index contributed by atoms with van der Waals surface area (Å²) in [5.74, 6) is -0.126. The number of aliphatic hydroxyl groups excluding tert-OH is 1. The molecule has 0 aliphatic heterocycles. The minimum atomic E-state index is -0.126. The largest absolute Gasteiger partial charge is 0.399 e. The fourth-order valence-electron chi connectivity index (χ4n) is 1.87. The maximum atomic E-state index is 12.2. The molecule has 0 heterocycles. The van der Waals surface area contributed by atoms with Crippen LogP contribution < -0.4 is 11.5 Å². The van der Waals surface area contributed by atoms with E-state index in [2.05, 4.69) is 0 Å². The lowest BCUT2D eigenvalue weighted by atomic mass is 10.1. The summed E-state index contributed by atoms with van der Waals surface area (Å²) in [5, 5.41) is 8.98. The monoisotopic (exact) mass is 235 g/mol. The number of aliphatic hydroxyl groups is 1. The molecular weight excluding hydrogens is 218 g/mol. The predicted molar refractivity (Wildman–Crippen MR) is 66.4 cm³/mol. The zero-order valence-electron chi connectivity index (χ0n) is 9.60. The lowest BCUT2D eigenvalue weighted by Crippen LogP contribution is -2.35. The number of hydrogen-bond donors (Lipinski definition) is 3. The molecule has 0 unspecified atom stereocenters. The Balaban J connectivity index is 2.22. The van der Waals surface area contributed by atoms with Crippen molar-refractivity contribution in [1.82, 2.24) is 4.90 Å². The number of benzene rings is 1. The lowest BCUT2D eigenvalue weighted by molar-refractivity contribution is 0.0709. The standard InChI is InChI=1S/C12H17N3O2/c13-8-1-4-10(11(14)7-8)12(17)15(5-6-16)9-2-3-9/h1,4,7,9,16H,2-3,5-6,13-14H2. The zero-order chi connectivity index (χ0) is 12.4. The Morgan fingerprint density at radius 1 is 1.41 bits per heavy atom. The van der Waals surface area contributed by atoms with Crippen LogP contribution in [0.15, 0.2) is 18.2 Å². The summed E-state index contributed by atoms with van der Waals surface area (Å²) in [6.07, 6.45) is 2.00. The maximum absolute atomic E-state index is 12.2. The third-order valence-corrected chi connectivity index (χ3v) is 2.90. The van der Waals surface area contributed by atoms with Gasteiger partial charge in [0.25, 0.3) is 5.91 Å². The van der Waals surface area contributed by atoms with E-state index in [-0.39, 0.29) is 18.6 Å². The van der Waals surface area contributed by atoms with Crippen molar-refractivity contribution in [1.29, 1.82) is 0 Å². The van der Waals surface area contributed by atoms with E-state index in [0.717, 1.165) is 12.8 Å². The highest BCUT2D eigenvalue weighted by atomic mass is 16.3. The molecule has 0 radical (unpaired) electrons. The SMILES string of the molecule is Nc1ccc(C(=O)N(CCO)C2CC2)c(N)c1. The molecule has 5 heteroatoms. The lowest BCUT2D eigenvalue weighted by Gasteiger charge is -2.22. The Kier molecular flexibility index (Phi) is 3.19. The van der Waals surface area contributed by atoms with Gasteiger partial charge in [-0.15, -0.1) is 0 Å². The molecule has 0 saturated heterocycles. The van der Waals surface area contributed by atoms with E-state index in [1.165, 1.54) is 0 Å². The third-order valence-electron chi connectivity index (χ3n) is 2.90. The minimum absolute atomic E-state index is 0.0306. The molecular formula is C12H17N3O2. The van der Waals surface area contributed by atoms with Crippen molar-refractivity contribution in [2.24, 2.45) is 0 Å². The van der Waals surface area contributed by atoms with Crippen molar-refractivity contribution in [2.45, 2.75) is 18.9 Å². The first-order valence-electron chi connectivity index (χ1n) is 5.70. The topological polar surface area (TPSA) is 92.6 Å². The smallest absolute Gasteiger partial charge is 0.256 e. The summed E-state index contributed by atoms with van der Waals surface area (Å²) in [4.78, 5) is 13.9. The van der Waals surface area contributed by atoms with Crippen LogP contribution in [0, 0.1) is 0 Å². The number of carbonyl (C=O) groups excluding carboxylic acids is 1. The summed E-state index contributed by atoms with van der Waals surface area (Å²) in [6, 6.07) is 5.14. The van der Waals surface area contributed by atoms with Gasteiger partial charge in [0.15, 0.2) is 0 Å². The number of hydrogen-bond acceptors (Lipinski definition) is 4. The Labute approximate surface area is 100 Å². The molecule has 0 aromatic heterocycles. The molecule has 0 atom stereocenters. The molecule has 92 valence electrons. The Hall–Kier alpha value is -1.75. The highest BCUT2D eigenvalue weighted by Gasteiger charge is 2.33. The minimum Gasteiger partial charge on any atom is -0.399 e. The molecule has 1 fully saturated rings. The van der Waals surface area contributed by atoms with Crippen LogP contribution in [-0.4, -0.2) is 35.1 Å². The van der Waals surface area contributed by atoms with Crippen molar-refractivity contribution in [2.75, 3.05) is 24.6 Å². The van der Waals surface area contributed by atoms with Crippen LogP contribution >= 0.6 is 0 Å². The van der Waals surface area contributed by atoms with E-state index in [4.69, 9.17) is 16.6 Å². The number of nitrogens with zero attached hydrogens (tertiary/aromatic N) is 1. The summed E-state index contributed by atoms with van der Waals surface area (Å²) >= 11 is 0. The molecule has 1 amide bonds. The first-order chi connectivity index (χ1) is 8.13. The molecule has 5 nitrogen and oxygen atoms in total. The van der Waals surface area contributed by atoms with E-state index in [0.29, 0.717) is 23.5 Å². The Morgan fingerprint density at radius 2 is 2.12 bits per heavy atom. The van der Waals surface area contributed by atoms with Crippen molar-refractivity contribution in [3.63, 3.8) is 0 Å². The van der Waals surface area contributed by atoms with Crippen LogP contribution in [0.1, 0.15) is 23.2 Å². The Morgan fingerprint density at radius 3 is 2.65 bits per heavy atom. The second-order valence-corrected chi connectivity index (χ2v) is 4.30. The molecule has 1 aromatic carbocycles. The molecule has 1 aliphatic carbocycles. The van der Waals surface area contributed by atoms with Gasteiger partial charge < -0.3 is 21.5 Å². The second kappa shape index (κ2) is 4.63. The quantitative estimate of drug-likeness (QED) is 0.660. The van der Waals surface area contributed by atoms with Crippen LogP contribution in [0.4, 0.5) is 11.4 Å². The molecule has 0 spiro atoms. The number of amides is 1. The van der Waals surface area contributed by atoms with Crippen molar-refractivity contribution in [3.8, 4) is 0 Å². The molecule has 0 bridgehead atoms. The predicted octanol–water partition coefficient (Wildman–Crippen LogP) is 0.448. The van der Waals surface area contributed by atoms with Crippen LogP contribution in [0.3, 0.4) is 0 Å². The third kappa shape index (κ3) is 2.50. The van der Waals surface area contributed by atoms with E-state index in [1.807, 2.05) is 0 Å². The maximum Gasteiger partial charge on any atom is 0.256 e. The highest BCUT2D eigenvalue weighted by Crippen LogP contribution is 2.29. The average molecular weight is 235 g/mol. The van der Waals surface area contributed by atoms with Crippen molar-refractivity contribution < 1.29 is 9.90 Å². The Bertz CT molecular complexity index is 430. The van der Waals surface area contributed by atoms with Crippen molar-refractivity contribution >= 4 is 17.3 Å². The fourth-order valence-corrected chi connectivity index (χ4v) is 1.87. The second-order valence-electron chi connectivity index (χ2n) is 4.30. The van der Waals surface area contributed by atoms with Crippen molar-refractivity contribution in [3.05, 3.63) is 23.8 Å². The van der Waals surface area contributed by atoms with Crippen LogP contribution in [0.5, 0.6) is 0 Å².